The van der Waals surface area contributed by atoms with Crippen molar-refractivity contribution in [2.45, 2.75) is 25.2 Å². The first kappa shape index (κ1) is 23.0. The number of thioether (sulfide) groups is 1. The molecule has 0 radical (unpaired) electrons. The van der Waals surface area contributed by atoms with E-state index in [1.54, 1.807) is 17.0 Å². The molecule has 0 saturated carbocycles. The molecule has 0 unspecified atom stereocenters. The van der Waals surface area contributed by atoms with Crippen molar-refractivity contribution in [1.29, 1.82) is 0 Å². The predicted octanol–water partition coefficient (Wildman–Crippen LogP) is 2.97. The van der Waals surface area contributed by atoms with Crippen molar-refractivity contribution in [2.24, 2.45) is 12.1 Å². The second-order valence-corrected chi connectivity index (χ2v) is 8.77. The van der Waals surface area contributed by atoms with Crippen LogP contribution in [0.25, 0.3) is 0 Å². The summed E-state index contributed by atoms with van der Waals surface area (Å²) in [5, 5.41) is 20.7. The lowest BCUT2D eigenvalue weighted by molar-refractivity contribution is -0.118. The minimum atomic E-state index is -0.227. The summed E-state index contributed by atoms with van der Waals surface area (Å²) in [6.07, 6.45) is 5.20. The molecule has 0 saturated heterocycles. The molecule has 162 valence electrons. The van der Waals surface area contributed by atoms with Gasteiger partial charge in [-0.3, -0.25) is 9.48 Å². The molecule has 1 aromatic carbocycles. The van der Waals surface area contributed by atoms with Crippen LogP contribution in [0.1, 0.15) is 17.1 Å². The van der Waals surface area contributed by atoms with Gasteiger partial charge in [-0.2, -0.15) is 10.2 Å². The molecule has 2 heterocycles. The lowest BCUT2D eigenvalue weighted by atomic mass is 10.3. The summed E-state index contributed by atoms with van der Waals surface area (Å²) in [5.74, 6) is 0.712. The number of aromatic nitrogens is 5. The molecule has 0 aliphatic rings. The lowest BCUT2D eigenvalue weighted by Crippen LogP contribution is -2.20. The topological polar surface area (TPSA) is 102 Å². The summed E-state index contributed by atoms with van der Waals surface area (Å²) >= 11 is 3.57. The van der Waals surface area contributed by atoms with Crippen molar-refractivity contribution in [1.82, 2.24) is 30.0 Å². The Balaban J connectivity index is 1.55. The number of hydrogen-bond acceptors (Lipinski definition) is 7. The van der Waals surface area contributed by atoms with Crippen LogP contribution < -0.4 is 10.7 Å². The fourth-order valence-electron chi connectivity index (χ4n) is 2.70. The second-order valence-electron chi connectivity index (χ2n) is 6.58. The Hall–Kier alpha value is -2.67. The van der Waals surface area contributed by atoms with Crippen LogP contribution in [0.15, 0.2) is 53.4 Å². The largest absolute Gasteiger partial charge is 0.378 e. The van der Waals surface area contributed by atoms with Crippen LogP contribution in [-0.2, 0) is 24.9 Å². The van der Waals surface area contributed by atoms with Gasteiger partial charge in [0.05, 0.1) is 24.2 Å². The van der Waals surface area contributed by atoms with Crippen LogP contribution in [0.5, 0.6) is 0 Å². The van der Waals surface area contributed by atoms with E-state index in [0.29, 0.717) is 18.2 Å². The molecule has 2 N–H and O–H groups in total. The van der Waals surface area contributed by atoms with E-state index in [9.17, 15) is 4.79 Å². The maximum Gasteiger partial charge on any atom is 0.250 e. The van der Waals surface area contributed by atoms with Crippen LogP contribution >= 0.6 is 34.4 Å². The first-order chi connectivity index (χ1) is 15.0. The molecule has 0 aliphatic heterocycles. The van der Waals surface area contributed by atoms with Gasteiger partial charge in [-0.25, -0.2) is 5.43 Å². The summed E-state index contributed by atoms with van der Waals surface area (Å²) in [4.78, 5) is 12.2. The average Bonchev–Trinajstić information content (AvgIpc) is 3.28. The Morgan fingerprint density at radius 3 is 2.77 bits per heavy atom. The predicted molar refractivity (Wildman–Crippen MR) is 131 cm³/mol. The second kappa shape index (κ2) is 11.1. The number of rotatable bonds is 10. The molecule has 31 heavy (non-hydrogen) atoms. The van der Waals surface area contributed by atoms with Gasteiger partial charge in [0.1, 0.15) is 0 Å². The molecule has 3 rings (SSSR count). The summed E-state index contributed by atoms with van der Waals surface area (Å²) in [6.45, 7) is 6.76. The van der Waals surface area contributed by atoms with Gasteiger partial charge in [-0.15, -0.1) is 16.8 Å². The van der Waals surface area contributed by atoms with Crippen LogP contribution in [0.2, 0.25) is 0 Å². The quantitative estimate of drug-likeness (QED) is 0.132. The number of amides is 1. The SMILES string of the molecule is C=CCn1c(CNc2ccc(I)cc2)nnc1SCC(=O)N/N=C/c1cn(C)nc1C. The molecule has 3 aromatic rings. The van der Waals surface area contributed by atoms with E-state index in [-0.39, 0.29) is 11.7 Å². The molecule has 1 amide bonds. The summed E-state index contributed by atoms with van der Waals surface area (Å²) in [5.41, 5.74) is 5.23. The van der Waals surface area contributed by atoms with Crippen LogP contribution in [-0.4, -0.2) is 42.4 Å². The molecule has 2 aromatic heterocycles. The van der Waals surface area contributed by atoms with Crippen molar-refractivity contribution < 1.29 is 4.79 Å². The van der Waals surface area contributed by atoms with Gasteiger partial charge in [-0.1, -0.05) is 17.8 Å². The molecule has 0 atom stereocenters. The first-order valence-corrected chi connectivity index (χ1v) is 11.5. The molecular weight excluding hydrogens is 527 g/mol. The Kier molecular flexibility index (Phi) is 8.23. The monoisotopic (exact) mass is 550 g/mol. The van der Waals surface area contributed by atoms with Crippen molar-refractivity contribution in [3.63, 3.8) is 0 Å². The average molecular weight is 550 g/mol. The maximum atomic E-state index is 12.2. The van der Waals surface area contributed by atoms with E-state index < -0.39 is 0 Å². The fourth-order valence-corrected chi connectivity index (χ4v) is 3.82. The van der Waals surface area contributed by atoms with Crippen molar-refractivity contribution in [2.75, 3.05) is 11.1 Å². The third-order valence-electron chi connectivity index (χ3n) is 4.18. The van der Waals surface area contributed by atoms with Gasteiger partial charge in [0.15, 0.2) is 11.0 Å². The number of aryl methyl sites for hydroxylation is 2. The van der Waals surface area contributed by atoms with Gasteiger partial charge < -0.3 is 9.88 Å². The number of carbonyl (C=O) groups is 1. The lowest BCUT2D eigenvalue weighted by Gasteiger charge is -2.09. The Bertz CT molecular complexity index is 1070. The summed E-state index contributed by atoms with van der Waals surface area (Å²) < 4.78 is 4.81. The van der Waals surface area contributed by atoms with Gasteiger partial charge in [0.2, 0.25) is 0 Å². The van der Waals surface area contributed by atoms with Gasteiger partial charge in [-0.05, 0) is 53.8 Å². The minimum Gasteiger partial charge on any atom is -0.378 e. The van der Waals surface area contributed by atoms with Gasteiger partial charge in [0, 0.05) is 34.6 Å². The smallest absolute Gasteiger partial charge is 0.250 e. The fraction of sp³-hybridized carbons (Fsp3) is 0.250. The highest BCUT2D eigenvalue weighted by atomic mass is 127. The van der Waals surface area contributed by atoms with Crippen molar-refractivity contribution in [3.05, 3.63) is 63.8 Å². The standard InChI is InChI=1S/C20H23IN8OS/c1-4-9-29-18(11-22-17-7-5-16(21)6-8-17)24-26-20(29)31-13-19(30)25-23-10-15-12-28(3)27-14(15)2/h4-8,10,12,22H,1,9,11,13H2,2-3H3,(H,25,30)/b23-10+. The number of carbonyl (C=O) groups excluding carboxylic acids is 1. The third kappa shape index (κ3) is 6.66. The van der Waals surface area contributed by atoms with Crippen molar-refractivity contribution >= 4 is 52.2 Å². The number of benzene rings is 1. The van der Waals surface area contributed by atoms with E-state index in [1.165, 1.54) is 15.3 Å². The summed E-state index contributed by atoms with van der Waals surface area (Å²) in [6, 6.07) is 8.11. The number of halogens is 1. The molecule has 0 spiro atoms. The van der Waals surface area contributed by atoms with Crippen LogP contribution in [0.3, 0.4) is 0 Å². The van der Waals surface area contributed by atoms with E-state index in [4.69, 9.17) is 0 Å². The number of anilines is 1. The molecule has 9 nitrogen and oxygen atoms in total. The first-order valence-electron chi connectivity index (χ1n) is 9.43. The zero-order chi connectivity index (χ0) is 22.2. The van der Waals surface area contributed by atoms with Crippen molar-refractivity contribution in [3.8, 4) is 0 Å². The number of allylic oxidation sites excluding steroid dienone is 1. The van der Waals surface area contributed by atoms with E-state index in [1.807, 2.05) is 49.0 Å². The highest BCUT2D eigenvalue weighted by Crippen LogP contribution is 2.18. The highest BCUT2D eigenvalue weighted by Gasteiger charge is 2.13. The van der Waals surface area contributed by atoms with Crippen LogP contribution in [0.4, 0.5) is 5.69 Å². The highest BCUT2D eigenvalue weighted by molar-refractivity contribution is 14.1. The van der Waals surface area contributed by atoms with Gasteiger partial charge in [0.25, 0.3) is 5.91 Å². The van der Waals surface area contributed by atoms with E-state index in [0.717, 1.165) is 22.8 Å². The number of nitrogens with zero attached hydrogens (tertiary/aromatic N) is 6. The molecular formula is C20H23IN8OS. The molecule has 0 bridgehead atoms. The number of nitrogens with one attached hydrogen (secondary N) is 2. The summed E-state index contributed by atoms with van der Waals surface area (Å²) in [7, 11) is 1.84. The zero-order valence-electron chi connectivity index (χ0n) is 17.2. The zero-order valence-corrected chi connectivity index (χ0v) is 20.2. The molecule has 0 fully saturated rings. The number of hydrazone groups is 1. The maximum absolute atomic E-state index is 12.2. The van der Waals surface area contributed by atoms with Gasteiger partial charge >= 0.3 is 0 Å². The normalized spacial score (nSPS) is 11.1. The number of hydrogen-bond donors (Lipinski definition) is 2. The van der Waals surface area contributed by atoms with E-state index in [2.05, 4.69) is 60.3 Å². The molecule has 0 aliphatic carbocycles. The van der Waals surface area contributed by atoms with Crippen LogP contribution in [0, 0.1) is 10.5 Å². The third-order valence-corrected chi connectivity index (χ3v) is 5.86. The Morgan fingerprint density at radius 1 is 1.32 bits per heavy atom. The minimum absolute atomic E-state index is 0.170. The molecule has 11 heteroatoms. The van der Waals surface area contributed by atoms with E-state index >= 15 is 0 Å². The Morgan fingerprint density at radius 2 is 2.10 bits per heavy atom. The Labute approximate surface area is 198 Å².